The quantitative estimate of drug-likeness (QED) is 0.431. The van der Waals surface area contributed by atoms with Crippen LogP contribution in [0, 0.1) is 0 Å². The van der Waals surface area contributed by atoms with Crippen molar-refractivity contribution in [1.82, 2.24) is 0 Å². The van der Waals surface area contributed by atoms with Crippen LogP contribution < -0.4 is 21.5 Å². The van der Waals surface area contributed by atoms with Gasteiger partial charge in [-0.15, -0.1) is 0 Å². The Kier molecular flexibility index (Phi) is 5.99. The highest BCUT2D eigenvalue weighted by atomic mass is 16.5. The van der Waals surface area contributed by atoms with E-state index in [1.54, 1.807) is 73.7 Å². The molecule has 0 radical (unpaired) electrons. The monoisotopic (exact) mass is 391 g/mol. The number of esters is 1. The highest BCUT2D eigenvalue weighted by Crippen LogP contribution is 2.24. The molecule has 0 unspecified atom stereocenters. The molecule has 0 spiro atoms. The van der Waals surface area contributed by atoms with Crippen LogP contribution >= 0.6 is 0 Å². The lowest BCUT2D eigenvalue weighted by atomic mass is 10.1. The normalized spacial score (nSPS) is 10.2. The standard InChI is InChI=1S/C22H21N3O4/c1-2-28-22(27)14-3-7-19(8-4-14)29-20-9-5-18(6-10-20)25-21(26)15-11-16(23)13-17(24)12-15/h3-13H,2,23-24H2,1H3,(H,25,26). The van der Waals surface area contributed by atoms with E-state index in [0.717, 1.165) is 0 Å². The number of nitrogens with two attached hydrogens (primary N) is 2. The first-order chi connectivity index (χ1) is 13.9. The topological polar surface area (TPSA) is 117 Å². The van der Waals surface area contributed by atoms with E-state index in [-0.39, 0.29) is 11.9 Å². The average molecular weight is 391 g/mol. The fourth-order valence-electron chi connectivity index (χ4n) is 2.63. The molecule has 1 amide bonds. The van der Waals surface area contributed by atoms with Crippen molar-refractivity contribution >= 4 is 28.9 Å². The molecule has 0 aliphatic heterocycles. The molecule has 3 rings (SSSR count). The van der Waals surface area contributed by atoms with Crippen molar-refractivity contribution in [2.45, 2.75) is 6.92 Å². The summed E-state index contributed by atoms with van der Waals surface area (Å²) in [4.78, 5) is 24.0. The lowest BCUT2D eigenvalue weighted by Gasteiger charge is -2.09. The van der Waals surface area contributed by atoms with Crippen molar-refractivity contribution in [2.75, 3.05) is 23.4 Å². The fourth-order valence-corrected chi connectivity index (χ4v) is 2.63. The first-order valence-corrected chi connectivity index (χ1v) is 8.97. The molecule has 0 atom stereocenters. The summed E-state index contributed by atoms with van der Waals surface area (Å²) in [7, 11) is 0. The van der Waals surface area contributed by atoms with Gasteiger partial charge in [0, 0.05) is 22.6 Å². The molecule has 5 N–H and O–H groups in total. The minimum absolute atomic E-state index is 0.313. The number of benzene rings is 3. The van der Waals surface area contributed by atoms with E-state index in [1.807, 2.05) is 0 Å². The van der Waals surface area contributed by atoms with Crippen LogP contribution in [0.1, 0.15) is 27.6 Å². The smallest absolute Gasteiger partial charge is 0.338 e. The summed E-state index contributed by atoms with van der Waals surface area (Å²) >= 11 is 0. The van der Waals surface area contributed by atoms with Gasteiger partial charge < -0.3 is 26.3 Å². The highest BCUT2D eigenvalue weighted by molar-refractivity contribution is 6.05. The van der Waals surface area contributed by atoms with Crippen LogP contribution in [0.15, 0.2) is 66.7 Å². The van der Waals surface area contributed by atoms with Gasteiger partial charge in [-0.05, 0) is 73.7 Å². The van der Waals surface area contributed by atoms with Gasteiger partial charge in [0.25, 0.3) is 5.91 Å². The second-order valence-electron chi connectivity index (χ2n) is 6.21. The van der Waals surface area contributed by atoms with Crippen LogP contribution in [0.4, 0.5) is 17.1 Å². The summed E-state index contributed by atoms with van der Waals surface area (Å²) in [5.74, 6) is 0.471. The molecule has 0 aromatic heterocycles. The van der Waals surface area contributed by atoms with E-state index in [2.05, 4.69) is 5.32 Å². The number of hydrogen-bond donors (Lipinski definition) is 3. The minimum atomic E-state index is -0.374. The molecule has 0 aliphatic carbocycles. The molecule has 0 aliphatic rings. The maximum Gasteiger partial charge on any atom is 0.338 e. The average Bonchev–Trinajstić information content (AvgIpc) is 2.69. The van der Waals surface area contributed by atoms with E-state index in [9.17, 15) is 9.59 Å². The third-order valence-corrected chi connectivity index (χ3v) is 3.95. The van der Waals surface area contributed by atoms with Gasteiger partial charge in [-0.3, -0.25) is 4.79 Å². The first-order valence-electron chi connectivity index (χ1n) is 8.97. The number of rotatable bonds is 6. The number of hydrogen-bond acceptors (Lipinski definition) is 6. The SMILES string of the molecule is CCOC(=O)c1ccc(Oc2ccc(NC(=O)c3cc(N)cc(N)c3)cc2)cc1. The zero-order chi connectivity index (χ0) is 20.8. The number of carbonyl (C=O) groups is 2. The van der Waals surface area contributed by atoms with Gasteiger partial charge in [-0.1, -0.05) is 0 Å². The Labute approximate surface area is 168 Å². The van der Waals surface area contributed by atoms with Crippen molar-refractivity contribution in [3.63, 3.8) is 0 Å². The molecule has 7 nitrogen and oxygen atoms in total. The number of nitrogens with one attached hydrogen (secondary N) is 1. The Morgan fingerprint density at radius 3 is 1.93 bits per heavy atom. The fraction of sp³-hybridized carbons (Fsp3) is 0.0909. The summed E-state index contributed by atoms with van der Waals surface area (Å²) in [5.41, 5.74) is 13.7. The largest absolute Gasteiger partial charge is 0.462 e. The van der Waals surface area contributed by atoms with E-state index >= 15 is 0 Å². The molecule has 148 valence electrons. The van der Waals surface area contributed by atoms with E-state index in [1.165, 1.54) is 0 Å². The highest BCUT2D eigenvalue weighted by Gasteiger charge is 2.09. The van der Waals surface area contributed by atoms with Crippen molar-refractivity contribution in [1.29, 1.82) is 0 Å². The molecule has 7 heteroatoms. The maximum absolute atomic E-state index is 12.3. The van der Waals surface area contributed by atoms with Gasteiger partial charge in [-0.2, -0.15) is 0 Å². The number of amides is 1. The van der Waals surface area contributed by atoms with Crippen LogP contribution in [-0.2, 0) is 4.74 Å². The van der Waals surface area contributed by atoms with Crippen molar-refractivity contribution in [2.24, 2.45) is 0 Å². The second kappa shape index (κ2) is 8.79. The van der Waals surface area contributed by atoms with Crippen LogP contribution in [0.3, 0.4) is 0 Å². The lowest BCUT2D eigenvalue weighted by molar-refractivity contribution is 0.0526. The number of nitrogen functional groups attached to an aromatic ring is 2. The molecular formula is C22H21N3O4. The molecule has 3 aromatic carbocycles. The summed E-state index contributed by atoms with van der Waals surface area (Å²) < 4.78 is 10.7. The van der Waals surface area contributed by atoms with E-state index in [4.69, 9.17) is 20.9 Å². The molecule has 0 saturated carbocycles. The van der Waals surface area contributed by atoms with Gasteiger partial charge in [0.15, 0.2) is 0 Å². The molecular weight excluding hydrogens is 370 g/mol. The summed E-state index contributed by atoms with van der Waals surface area (Å²) in [5, 5.41) is 2.78. The van der Waals surface area contributed by atoms with Crippen LogP contribution in [0.5, 0.6) is 11.5 Å². The third-order valence-electron chi connectivity index (χ3n) is 3.95. The zero-order valence-electron chi connectivity index (χ0n) is 15.8. The van der Waals surface area contributed by atoms with E-state index < -0.39 is 0 Å². The molecule has 0 bridgehead atoms. The minimum Gasteiger partial charge on any atom is -0.462 e. The zero-order valence-corrected chi connectivity index (χ0v) is 15.8. The van der Waals surface area contributed by atoms with Gasteiger partial charge in [0.2, 0.25) is 0 Å². The van der Waals surface area contributed by atoms with E-state index in [0.29, 0.717) is 46.3 Å². The predicted molar refractivity (Wildman–Crippen MR) is 112 cm³/mol. The van der Waals surface area contributed by atoms with Gasteiger partial charge in [0.1, 0.15) is 11.5 Å². The number of ether oxygens (including phenoxy) is 2. The summed E-state index contributed by atoms with van der Waals surface area (Å²) in [6.07, 6.45) is 0. The third kappa shape index (κ3) is 5.26. The van der Waals surface area contributed by atoms with Crippen molar-refractivity contribution < 1.29 is 19.1 Å². The Hall–Kier alpha value is -4.00. The Morgan fingerprint density at radius 1 is 0.828 bits per heavy atom. The summed E-state index contributed by atoms with van der Waals surface area (Å²) in [6.45, 7) is 2.08. The molecule has 0 heterocycles. The number of carbonyl (C=O) groups excluding carboxylic acids is 2. The van der Waals surface area contributed by atoms with Gasteiger partial charge >= 0.3 is 5.97 Å². The second-order valence-corrected chi connectivity index (χ2v) is 6.21. The van der Waals surface area contributed by atoms with Crippen LogP contribution in [0.25, 0.3) is 0 Å². The molecule has 29 heavy (non-hydrogen) atoms. The Bertz CT molecular complexity index is 995. The Balaban J connectivity index is 1.62. The lowest BCUT2D eigenvalue weighted by Crippen LogP contribution is -2.12. The number of anilines is 3. The predicted octanol–water partition coefficient (Wildman–Crippen LogP) is 4.07. The molecule has 3 aromatic rings. The maximum atomic E-state index is 12.3. The Morgan fingerprint density at radius 2 is 1.38 bits per heavy atom. The summed E-state index contributed by atoms with van der Waals surface area (Å²) in [6, 6.07) is 18.2. The van der Waals surface area contributed by atoms with Crippen LogP contribution in [-0.4, -0.2) is 18.5 Å². The molecule has 0 fully saturated rings. The van der Waals surface area contributed by atoms with Gasteiger partial charge in [-0.25, -0.2) is 4.79 Å². The first kappa shape index (κ1) is 19.8. The van der Waals surface area contributed by atoms with Crippen molar-refractivity contribution in [3.05, 3.63) is 77.9 Å². The van der Waals surface area contributed by atoms with Crippen molar-refractivity contribution in [3.8, 4) is 11.5 Å². The molecule has 0 saturated heterocycles. The van der Waals surface area contributed by atoms with Crippen LogP contribution in [0.2, 0.25) is 0 Å². The van der Waals surface area contributed by atoms with Gasteiger partial charge in [0.05, 0.1) is 12.2 Å².